The molecule has 0 amide bonds. The van der Waals surface area contributed by atoms with Gasteiger partial charge >= 0.3 is 0 Å². The second-order valence-electron chi connectivity index (χ2n) is 7.12. The molecule has 1 saturated heterocycles. The zero-order chi connectivity index (χ0) is 17.7. The van der Waals surface area contributed by atoms with Crippen molar-refractivity contribution in [1.82, 2.24) is 4.90 Å². The molecule has 0 radical (unpaired) electrons. The first-order valence-electron chi connectivity index (χ1n) is 9.03. The second-order valence-corrected chi connectivity index (χ2v) is 7.90. The summed E-state index contributed by atoms with van der Waals surface area (Å²) < 4.78 is 5.80. The van der Waals surface area contributed by atoms with Gasteiger partial charge in [-0.3, -0.25) is 9.69 Å². The van der Waals surface area contributed by atoms with E-state index in [9.17, 15) is 4.79 Å². The van der Waals surface area contributed by atoms with Crippen LogP contribution in [0.1, 0.15) is 40.7 Å². The largest absolute Gasteiger partial charge is 0.440 e. The summed E-state index contributed by atoms with van der Waals surface area (Å²) >= 11 is 1.53. The van der Waals surface area contributed by atoms with E-state index < -0.39 is 0 Å². The van der Waals surface area contributed by atoms with Gasteiger partial charge in [-0.25, -0.2) is 0 Å². The molecule has 132 valence electrons. The molecule has 3 aromatic rings. The fourth-order valence-corrected chi connectivity index (χ4v) is 4.92. The predicted molar refractivity (Wildman–Crippen MR) is 106 cm³/mol. The molecule has 2 aliphatic rings. The highest BCUT2D eigenvalue weighted by atomic mass is 32.1. The van der Waals surface area contributed by atoms with Crippen LogP contribution in [0.5, 0.6) is 0 Å². The molecule has 0 spiro atoms. The van der Waals surface area contributed by atoms with E-state index in [2.05, 4.69) is 11.0 Å². The van der Waals surface area contributed by atoms with Crippen LogP contribution >= 0.6 is 11.3 Å². The number of furan rings is 1. The average molecular weight is 364 g/mol. The van der Waals surface area contributed by atoms with Gasteiger partial charge in [0, 0.05) is 40.0 Å². The zero-order valence-corrected chi connectivity index (χ0v) is 15.2. The van der Waals surface area contributed by atoms with Crippen molar-refractivity contribution in [3.8, 4) is 0 Å². The summed E-state index contributed by atoms with van der Waals surface area (Å²) in [6.45, 7) is 2.16. The summed E-state index contributed by atoms with van der Waals surface area (Å²) in [5.41, 5.74) is 10.6. The molecular weight excluding hydrogens is 344 g/mol. The number of hydrogen-bond acceptors (Lipinski definition) is 5. The van der Waals surface area contributed by atoms with Gasteiger partial charge in [0.15, 0.2) is 11.7 Å². The van der Waals surface area contributed by atoms with Crippen molar-refractivity contribution in [2.24, 2.45) is 0 Å². The quantitative estimate of drug-likeness (QED) is 0.692. The molecule has 5 rings (SSSR count). The van der Waals surface area contributed by atoms with E-state index in [-0.39, 0.29) is 5.78 Å². The fourth-order valence-electron chi connectivity index (χ4n) is 4.28. The molecule has 4 heterocycles. The minimum absolute atomic E-state index is 0.0402. The second kappa shape index (κ2) is 6.11. The van der Waals surface area contributed by atoms with E-state index in [1.54, 1.807) is 0 Å². The molecule has 26 heavy (non-hydrogen) atoms. The smallest absolute Gasteiger partial charge is 0.199 e. The maximum Gasteiger partial charge on any atom is 0.199 e. The van der Waals surface area contributed by atoms with Crippen LogP contribution in [-0.2, 0) is 0 Å². The number of rotatable bonds is 3. The minimum atomic E-state index is 0.0402. The molecule has 4 nitrogen and oxygen atoms in total. The molecule has 1 unspecified atom stereocenters. The van der Waals surface area contributed by atoms with E-state index in [1.807, 2.05) is 35.0 Å². The number of carbonyl (C=O) groups excluding carboxylic acids is 1. The SMILES string of the molecule is Nc1oc2ccc(C(=O)c3ccsc3)cc2c1C1=CCN2CCCC2C1. The van der Waals surface area contributed by atoms with Gasteiger partial charge in [-0.1, -0.05) is 6.08 Å². The van der Waals surface area contributed by atoms with Gasteiger partial charge in [-0.2, -0.15) is 11.3 Å². The van der Waals surface area contributed by atoms with Crippen molar-refractivity contribution in [3.05, 3.63) is 57.8 Å². The van der Waals surface area contributed by atoms with Gasteiger partial charge in [0.05, 0.1) is 0 Å². The third kappa shape index (κ3) is 2.50. The fraction of sp³-hybridized carbons (Fsp3) is 0.286. The number of anilines is 1. The Morgan fingerprint density at radius 2 is 2.19 bits per heavy atom. The summed E-state index contributed by atoms with van der Waals surface area (Å²) in [5, 5.41) is 4.75. The Hall–Kier alpha value is -2.37. The van der Waals surface area contributed by atoms with E-state index in [0.717, 1.165) is 35.1 Å². The highest BCUT2D eigenvalue weighted by molar-refractivity contribution is 7.08. The Bertz CT molecular complexity index is 1020. The van der Waals surface area contributed by atoms with Crippen LogP contribution in [-0.4, -0.2) is 29.8 Å². The minimum Gasteiger partial charge on any atom is -0.440 e. The maximum atomic E-state index is 12.7. The van der Waals surface area contributed by atoms with Crippen molar-refractivity contribution < 1.29 is 9.21 Å². The van der Waals surface area contributed by atoms with Crippen molar-refractivity contribution in [1.29, 1.82) is 0 Å². The van der Waals surface area contributed by atoms with Gasteiger partial charge in [-0.15, -0.1) is 0 Å². The number of nitrogens with two attached hydrogens (primary N) is 1. The monoisotopic (exact) mass is 364 g/mol. The van der Waals surface area contributed by atoms with Crippen LogP contribution in [0.4, 0.5) is 5.88 Å². The van der Waals surface area contributed by atoms with Crippen LogP contribution in [0.15, 0.2) is 45.5 Å². The molecule has 2 aliphatic heterocycles. The Morgan fingerprint density at radius 1 is 1.27 bits per heavy atom. The number of benzene rings is 1. The summed E-state index contributed by atoms with van der Waals surface area (Å²) in [5.74, 6) is 0.497. The molecule has 1 atom stereocenters. The van der Waals surface area contributed by atoms with E-state index in [0.29, 0.717) is 17.5 Å². The molecule has 0 bridgehead atoms. The lowest BCUT2D eigenvalue weighted by Gasteiger charge is -2.29. The topological polar surface area (TPSA) is 59.5 Å². The highest BCUT2D eigenvalue weighted by Gasteiger charge is 2.30. The lowest BCUT2D eigenvalue weighted by atomic mass is 9.92. The van der Waals surface area contributed by atoms with E-state index >= 15 is 0 Å². The van der Waals surface area contributed by atoms with Crippen molar-refractivity contribution in [3.63, 3.8) is 0 Å². The molecule has 2 aromatic heterocycles. The van der Waals surface area contributed by atoms with Crippen LogP contribution in [0.2, 0.25) is 0 Å². The number of nitrogen functional groups attached to an aromatic ring is 1. The third-order valence-electron chi connectivity index (χ3n) is 5.61. The Kier molecular flexibility index (Phi) is 3.72. The molecule has 0 aliphatic carbocycles. The van der Waals surface area contributed by atoms with Crippen molar-refractivity contribution in [2.75, 3.05) is 18.8 Å². The molecular formula is C21H20N2O2S. The molecule has 2 N–H and O–H groups in total. The predicted octanol–water partition coefficient (Wildman–Crippen LogP) is 4.56. The van der Waals surface area contributed by atoms with Crippen LogP contribution in [0, 0.1) is 0 Å². The first kappa shape index (κ1) is 15.9. The molecule has 0 saturated carbocycles. The Labute approximate surface area is 155 Å². The number of ketones is 1. The average Bonchev–Trinajstić information content (AvgIpc) is 3.38. The molecule has 5 heteroatoms. The highest BCUT2D eigenvalue weighted by Crippen LogP contribution is 2.40. The van der Waals surface area contributed by atoms with Crippen molar-refractivity contribution >= 4 is 39.5 Å². The van der Waals surface area contributed by atoms with Crippen LogP contribution in [0.3, 0.4) is 0 Å². The number of fused-ring (bicyclic) bond motifs is 2. The summed E-state index contributed by atoms with van der Waals surface area (Å²) in [7, 11) is 0. The van der Waals surface area contributed by atoms with Gasteiger partial charge < -0.3 is 10.2 Å². The third-order valence-corrected chi connectivity index (χ3v) is 6.29. The molecule has 1 aromatic carbocycles. The first-order chi connectivity index (χ1) is 12.7. The molecule has 1 fully saturated rings. The number of thiophene rings is 1. The van der Waals surface area contributed by atoms with Gasteiger partial charge in [0.1, 0.15) is 5.58 Å². The van der Waals surface area contributed by atoms with Crippen LogP contribution < -0.4 is 5.73 Å². The number of carbonyl (C=O) groups is 1. The Balaban J connectivity index is 1.58. The summed E-state index contributed by atoms with van der Waals surface area (Å²) in [6.07, 6.45) is 5.79. The lowest BCUT2D eigenvalue weighted by molar-refractivity contribution is 0.103. The number of nitrogens with zero attached hydrogens (tertiary/aromatic N) is 1. The van der Waals surface area contributed by atoms with Gasteiger partial charge in [0.2, 0.25) is 0 Å². The Morgan fingerprint density at radius 3 is 3.04 bits per heavy atom. The summed E-state index contributed by atoms with van der Waals surface area (Å²) in [6, 6.07) is 8.09. The van der Waals surface area contributed by atoms with E-state index in [1.165, 1.54) is 36.3 Å². The number of hydrogen-bond donors (Lipinski definition) is 1. The lowest BCUT2D eigenvalue weighted by Crippen LogP contribution is -2.32. The van der Waals surface area contributed by atoms with Crippen molar-refractivity contribution in [2.45, 2.75) is 25.3 Å². The normalized spacial score (nSPS) is 20.3. The standard InChI is InChI=1S/C21H20N2O2S/c22-21-19(13-5-8-23-7-1-2-16(23)10-13)17-11-14(3-4-18(17)25-21)20(24)15-6-9-26-12-15/h3-6,9,11-12,16H,1-2,7-8,10,22H2. The summed E-state index contributed by atoms with van der Waals surface area (Å²) in [4.78, 5) is 15.3. The van der Waals surface area contributed by atoms with Crippen LogP contribution in [0.25, 0.3) is 16.5 Å². The van der Waals surface area contributed by atoms with E-state index in [4.69, 9.17) is 10.2 Å². The first-order valence-corrected chi connectivity index (χ1v) is 9.97. The zero-order valence-electron chi connectivity index (χ0n) is 14.4. The maximum absolute atomic E-state index is 12.7. The van der Waals surface area contributed by atoms with Gasteiger partial charge in [0.25, 0.3) is 0 Å². The van der Waals surface area contributed by atoms with Gasteiger partial charge in [-0.05, 0) is 61.0 Å².